The maximum atomic E-state index is 5.75. The third-order valence-corrected chi connectivity index (χ3v) is 3.19. The van der Waals surface area contributed by atoms with E-state index in [-0.39, 0.29) is 0 Å². The van der Waals surface area contributed by atoms with E-state index in [4.69, 9.17) is 5.73 Å². The van der Waals surface area contributed by atoms with Crippen molar-refractivity contribution in [2.24, 2.45) is 0 Å². The van der Waals surface area contributed by atoms with E-state index in [1.54, 1.807) is 6.20 Å². The summed E-state index contributed by atoms with van der Waals surface area (Å²) in [6.07, 6.45) is 4.03. The highest BCUT2D eigenvalue weighted by Gasteiger charge is 1.99. The summed E-state index contributed by atoms with van der Waals surface area (Å²) < 4.78 is 0. The molecule has 1 aromatic heterocycles. The molecule has 2 aromatic rings. The third kappa shape index (κ3) is 3.71. The summed E-state index contributed by atoms with van der Waals surface area (Å²) in [4.78, 5) is 4.27. The van der Waals surface area contributed by atoms with E-state index >= 15 is 0 Å². The van der Waals surface area contributed by atoms with E-state index < -0.39 is 0 Å². The number of hydrogen-bond acceptors (Lipinski definition) is 3. The molecular weight excluding hydrogens is 234 g/mol. The van der Waals surface area contributed by atoms with E-state index in [9.17, 15) is 0 Å². The maximum absolute atomic E-state index is 5.75. The molecule has 0 unspecified atom stereocenters. The number of nitrogens with zero attached hydrogens (tertiary/aromatic N) is 1. The number of rotatable bonds is 5. The molecule has 0 bridgehead atoms. The fourth-order valence-corrected chi connectivity index (χ4v) is 1.97. The van der Waals surface area contributed by atoms with E-state index in [1.165, 1.54) is 17.5 Å². The summed E-state index contributed by atoms with van der Waals surface area (Å²) >= 11 is 0. The van der Waals surface area contributed by atoms with E-state index in [1.807, 2.05) is 13.0 Å². The first kappa shape index (κ1) is 13.4. The second-order valence-corrected chi connectivity index (χ2v) is 4.85. The number of benzene rings is 1. The first-order valence-electron chi connectivity index (χ1n) is 6.73. The lowest BCUT2D eigenvalue weighted by molar-refractivity contribution is 0.920. The second kappa shape index (κ2) is 6.23. The molecule has 2 rings (SSSR count). The monoisotopic (exact) mass is 255 g/mol. The van der Waals surface area contributed by atoms with E-state index in [0.717, 1.165) is 30.0 Å². The Labute approximate surface area is 114 Å². The standard InChI is InChI=1S/C16H21N3/c1-3-4-13-5-7-14(8-6-13)10-18-16-9-12(2)15(17)11-19-16/h5-9,11H,3-4,10,17H2,1-2H3,(H,18,19). The van der Waals surface area contributed by atoms with Crippen LogP contribution in [0.25, 0.3) is 0 Å². The fraction of sp³-hybridized carbons (Fsp3) is 0.312. The quantitative estimate of drug-likeness (QED) is 0.859. The molecule has 19 heavy (non-hydrogen) atoms. The second-order valence-electron chi connectivity index (χ2n) is 4.85. The first-order valence-corrected chi connectivity index (χ1v) is 6.73. The van der Waals surface area contributed by atoms with Crippen molar-refractivity contribution in [3.8, 4) is 0 Å². The smallest absolute Gasteiger partial charge is 0.126 e. The van der Waals surface area contributed by atoms with E-state index in [2.05, 4.69) is 41.5 Å². The highest BCUT2D eigenvalue weighted by atomic mass is 15.0. The van der Waals surface area contributed by atoms with Gasteiger partial charge in [0.2, 0.25) is 0 Å². The van der Waals surface area contributed by atoms with Crippen molar-refractivity contribution in [1.82, 2.24) is 4.98 Å². The van der Waals surface area contributed by atoms with Crippen molar-refractivity contribution < 1.29 is 0 Å². The number of aromatic nitrogens is 1. The lowest BCUT2D eigenvalue weighted by Crippen LogP contribution is -2.02. The van der Waals surface area contributed by atoms with Gasteiger partial charge in [-0.3, -0.25) is 0 Å². The number of nitrogens with one attached hydrogen (secondary N) is 1. The number of pyridine rings is 1. The largest absolute Gasteiger partial charge is 0.397 e. The molecule has 0 spiro atoms. The molecular formula is C16H21N3. The van der Waals surface area contributed by atoms with Gasteiger partial charge in [0.25, 0.3) is 0 Å². The SMILES string of the molecule is CCCc1ccc(CNc2cc(C)c(N)cn2)cc1. The Hall–Kier alpha value is -2.03. The molecule has 0 amide bonds. The molecule has 3 nitrogen and oxygen atoms in total. The lowest BCUT2D eigenvalue weighted by Gasteiger charge is -2.08. The zero-order chi connectivity index (χ0) is 13.7. The summed E-state index contributed by atoms with van der Waals surface area (Å²) in [5.74, 6) is 0.865. The van der Waals surface area contributed by atoms with Crippen LogP contribution >= 0.6 is 0 Å². The van der Waals surface area contributed by atoms with Gasteiger partial charge < -0.3 is 11.1 Å². The van der Waals surface area contributed by atoms with Crippen LogP contribution in [-0.4, -0.2) is 4.98 Å². The minimum atomic E-state index is 0.731. The molecule has 0 radical (unpaired) electrons. The Balaban J connectivity index is 1.96. The van der Waals surface area contributed by atoms with Crippen molar-refractivity contribution in [1.29, 1.82) is 0 Å². The molecule has 3 N–H and O–H groups in total. The van der Waals surface area contributed by atoms with Gasteiger partial charge in [-0.2, -0.15) is 0 Å². The summed E-state index contributed by atoms with van der Waals surface area (Å²) in [7, 11) is 0. The van der Waals surface area contributed by atoms with Crippen LogP contribution in [0.15, 0.2) is 36.5 Å². The third-order valence-electron chi connectivity index (χ3n) is 3.19. The normalized spacial score (nSPS) is 10.4. The van der Waals surface area contributed by atoms with E-state index in [0.29, 0.717) is 0 Å². The number of nitrogen functional groups attached to an aromatic ring is 1. The van der Waals surface area contributed by atoms with Gasteiger partial charge in [0, 0.05) is 6.54 Å². The van der Waals surface area contributed by atoms with Gasteiger partial charge in [0.15, 0.2) is 0 Å². The van der Waals surface area contributed by atoms with Gasteiger partial charge in [-0.1, -0.05) is 37.6 Å². The van der Waals surface area contributed by atoms with Gasteiger partial charge in [0.05, 0.1) is 11.9 Å². The molecule has 0 saturated carbocycles. The summed E-state index contributed by atoms with van der Waals surface area (Å²) in [6.45, 7) is 4.97. The molecule has 0 saturated heterocycles. The zero-order valence-electron chi connectivity index (χ0n) is 11.6. The lowest BCUT2D eigenvalue weighted by atomic mass is 10.1. The van der Waals surface area contributed by atoms with Crippen molar-refractivity contribution in [3.63, 3.8) is 0 Å². The topological polar surface area (TPSA) is 50.9 Å². The van der Waals surface area contributed by atoms with Gasteiger partial charge in [-0.25, -0.2) is 4.98 Å². The highest BCUT2D eigenvalue weighted by molar-refractivity contribution is 5.51. The van der Waals surface area contributed by atoms with Crippen molar-refractivity contribution in [3.05, 3.63) is 53.2 Å². The number of aryl methyl sites for hydroxylation is 2. The predicted octanol–water partition coefficient (Wildman–Crippen LogP) is 3.54. The van der Waals surface area contributed by atoms with Gasteiger partial charge in [-0.15, -0.1) is 0 Å². The zero-order valence-corrected chi connectivity index (χ0v) is 11.6. The van der Waals surface area contributed by atoms with Crippen molar-refractivity contribution in [2.75, 3.05) is 11.1 Å². The molecule has 0 aliphatic heterocycles. The molecule has 3 heteroatoms. The minimum Gasteiger partial charge on any atom is -0.397 e. The molecule has 0 aliphatic rings. The predicted molar refractivity (Wildman–Crippen MR) is 81.2 cm³/mol. The highest BCUT2D eigenvalue weighted by Crippen LogP contribution is 2.14. The molecule has 1 heterocycles. The van der Waals surface area contributed by atoms with Crippen LogP contribution in [0.1, 0.15) is 30.0 Å². The number of anilines is 2. The fourth-order valence-electron chi connectivity index (χ4n) is 1.97. The van der Waals surface area contributed by atoms with Crippen LogP contribution in [0.4, 0.5) is 11.5 Å². The molecule has 0 fully saturated rings. The van der Waals surface area contributed by atoms with Crippen LogP contribution < -0.4 is 11.1 Å². The Kier molecular flexibility index (Phi) is 4.39. The molecule has 1 aromatic carbocycles. The first-order chi connectivity index (χ1) is 9.19. The van der Waals surface area contributed by atoms with Crippen LogP contribution in [0.2, 0.25) is 0 Å². The Bertz CT molecular complexity index is 532. The van der Waals surface area contributed by atoms with Gasteiger partial charge >= 0.3 is 0 Å². The minimum absolute atomic E-state index is 0.731. The maximum Gasteiger partial charge on any atom is 0.126 e. The molecule has 0 aliphatic carbocycles. The molecule has 0 atom stereocenters. The van der Waals surface area contributed by atoms with Crippen LogP contribution in [0, 0.1) is 6.92 Å². The summed E-state index contributed by atoms with van der Waals surface area (Å²) in [5, 5.41) is 3.31. The van der Waals surface area contributed by atoms with Crippen LogP contribution in [0.5, 0.6) is 0 Å². The average Bonchev–Trinajstić information content (AvgIpc) is 2.42. The van der Waals surface area contributed by atoms with Crippen molar-refractivity contribution in [2.45, 2.75) is 33.2 Å². The van der Waals surface area contributed by atoms with Gasteiger partial charge in [0.1, 0.15) is 5.82 Å². The Morgan fingerprint density at radius 2 is 1.84 bits per heavy atom. The summed E-state index contributed by atoms with van der Waals surface area (Å²) in [6, 6.07) is 10.7. The molecule has 100 valence electrons. The Morgan fingerprint density at radius 1 is 1.16 bits per heavy atom. The number of hydrogen-bond donors (Lipinski definition) is 2. The van der Waals surface area contributed by atoms with Crippen molar-refractivity contribution >= 4 is 11.5 Å². The van der Waals surface area contributed by atoms with Crippen LogP contribution in [-0.2, 0) is 13.0 Å². The van der Waals surface area contributed by atoms with Gasteiger partial charge in [-0.05, 0) is 36.1 Å². The average molecular weight is 255 g/mol. The number of nitrogens with two attached hydrogens (primary N) is 1. The van der Waals surface area contributed by atoms with Crippen LogP contribution in [0.3, 0.4) is 0 Å². The Morgan fingerprint density at radius 3 is 2.47 bits per heavy atom. The summed E-state index contributed by atoms with van der Waals surface area (Å²) in [5.41, 5.74) is 10.2.